The molecule has 2 aromatic rings. The number of carbonyl (C=O) groups is 1. The minimum Gasteiger partial charge on any atom is -0.369 e. The highest BCUT2D eigenvalue weighted by Gasteiger charge is 2.63. The Labute approximate surface area is 181 Å². The number of rotatable bonds is 7. The van der Waals surface area contributed by atoms with E-state index in [1.807, 2.05) is 25.1 Å². The van der Waals surface area contributed by atoms with Crippen molar-refractivity contribution in [3.05, 3.63) is 34.8 Å². The number of nitrogens with zero attached hydrogens (tertiary/aromatic N) is 4. The molecular formula is C22H29N5O2S. The Kier molecular flexibility index (Phi) is 5.14. The van der Waals surface area contributed by atoms with Crippen molar-refractivity contribution in [3.8, 4) is 0 Å². The van der Waals surface area contributed by atoms with Crippen LogP contribution in [-0.4, -0.2) is 61.3 Å². The summed E-state index contributed by atoms with van der Waals surface area (Å²) in [7, 11) is 3.98. The molecule has 3 aliphatic heterocycles. The van der Waals surface area contributed by atoms with Crippen LogP contribution in [0.2, 0.25) is 0 Å². The molecule has 3 aliphatic rings. The van der Waals surface area contributed by atoms with Gasteiger partial charge in [-0.3, -0.25) is 4.79 Å². The molecule has 3 saturated heterocycles. The van der Waals surface area contributed by atoms with Gasteiger partial charge in [0.2, 0.25) is 5.91 Å². The summed E-state index contributed by atoms with van der Waals surface area (Å²) in [5.74, 6) is 2.83. The van der Waals surface area contributed by atoms with Crippen LogP contribution in [0, 0.1) is 11.8 Å². The number of hydrogen-bond acceptors (Lipinski definition) is 7. The van der Waals surface area contributed by atoms with Gasteiger partial charge < -0.3 is 19.9 Å². The number of carbonyl (C=O) groups excluding carboxylic acids is 1. The molecule has 160 valence electrons. The van der Waals surface area contributed by atoms with Crippen molar-refractivity contribution >= 4 is 28.9 Å². The van der Waals surface area contributed by atoms with Gasteiger partial charge in [0.05, 0.1) is 11.7 Å². The molecule has 0 aromatic carbocycles. The fraction of sp³-hybridized carbons (Fsp3) is 0.591. The van der Waals surface area contributed by atoms with Crippen molar-refractivity contribution in [1.29, 1.82) is 0 Å². The average Bonchev–Trinajstić information content (AvgIpc) is 3.52. The maximum atomic E-state index is 12.4. The Morgan fingerprint density at radius 1 is 1.43 bits per heavy atom. The third-order valence-corrected chi connectivity index (χ3v) is 7.69. The van der Waals surface area contributed by atoms with Crippen molar-refractivity contribution in [2.45, 2.75) is 37.4 Å². The Bertz CT molecular complexity index is 905. The molecule has 7 nitrogen and oxygen atoms in total. The van der Waals surface area contributed by atoms with Crippen LogP contribution >= 0.6 is 11.3 Å². The zero-order chi connectivity index (χ0) is 20.7. The quantitative estimate of drug-likeness (QED) is 0.731. The van der Waals surface area contributed by atoms with E-state index in [0.29, 0.717) is 24.8 Å². The summed E-state index contributed by atoms with van der Waals surface area (Å²) in [4.78, 5) is 25.6. The first-order valence-corrected chi connectivity index (χ1v) is 11.7. The van der Waals surface area contributed by atoms with E-state index in [0.717, 1.165) is 44.0 Å². The Balaban J connectivity index is 1.22. The lowest BCUT2D eigenvalue weighted by Crippen LogP contribution is -2.41. The number of thiophene rings is 1. The smallest absolute Gasteiger partial charge is 0.220 e. The molecule has 0 radical (unpaired) electrons. The number of nitrogens with one attached hydrogen (secondary N) is 1. The standard InChI is InChI=1S/C22H29N5O2S/c1-26(2)19-9-20(25-14-24-19)27-11-17-16(18-5-7-22(17,13-27)29-18)10-23-21(28)4-3-15-6-8-30-12-15/h6,8-9,12,14,16-18H,3-5,7,10-11,13H2,1-2H3,(H,23,28)/t16-,17+,18+,22+/m0/s1. The summed E-state index contributed by atoms with van der Waals surface area (Å²) in [6.45, 7) is 2.51. The van der Waals surface area contributed by atoms with Crippen LogP contribution in [0.5, 0.6) is 0 Å². The SMILES string of the molecule is CN(C)c1cc(N2C[C@@H]3[C@H](CNC(=O)CCc4ccsc4)[C@H]4CC[C@]3(C2)O4)ncn1. The summed E-state index contributed by atoms with van der Waals surface area (Å²) in [5, 5.41) is 7.37. The zero-order valence-corrected chi connectivity index (χ0v) is 18.4. The number of aromatic nitrogens is 2. The molecule has 3 fully saturated rings. The van der Waals surface area contributed by atoms with Gasteiger partial charge in [0, 0.05) is 58.1 Å². The topological polar surface area (TPSA) is 70.6 Å². The Hall–Kier alpha value is -2.19. The van der Waals surface area contributed by atoms with Crippen LogP contribution in [0.1, 0.15) is 24.8 Å². The summed E-state index contributed by atoms with van der Waals surface area (Å²) in [6.07, 6.45) is 5.46. The number of aryl methyl sites for hydroxylation is 1. The van der Waals surface area contributed by atoms with E-state index in [-0.39, 0.29) is 17.6 Å². The predicted octanol–water partition coefficient (Wildman–Crippen LogP) is 2.34. The van der Waals surface area contributed by atoms with E-state index in [9.17, 15) is 4.79 Å². The molecule has 0 unspecified atom stereocenters. The highest BCUT2D eigenvalue weighted by atomic mass is 32.1. The van der Waals surface area contributed by atoms with Crippen LogP contribution < -0.4 is 15.1 Å². The average molecular weight is 428 g/mol. The maximum absolute atomic E-state index is 12.4. The van der Waals surface area contributed by atoms with Crippen LogP contribution in [-0.2, 0) is 16.0 Å². The molecule has 0 aliphatic carbocycles. The minimum atomic E-state index is -0.0834. The number of hydrogen-bond donors (Lipinski definition) is 1. The first-order valence-electron chi connectivity index (χ1n) is 10.7. The van der Waals surface area contributed by atoms with Gasteiger partial charge in [0.1, 0.15) is 18.0 Å². The molecule has 4 atom stereocenters. The van der Waals surface area contributed by atoms with Crippen LogP contribution in [0.3, 0.4) is 0 Å². The van der Waals surface area contributed by atoms with Gasteiger partial charge in [-0.1, -0.05) is 0 Å². The van der Waals surface area contributed by atoms with E-state index < -0.39 is 0 Å². The van der Waals surface area contributed by atoms with E-state index in [1.165, 1.54) is 5.56 Å². The van der Waals surface area contributed by atoms with Gasteiger partial charge in [-0.15, -0.1) is 0 Å². The van der Waals surface area contributed by atoms with Crippen molar-refractivity contribution in [3.63, 3.8) is 0 Å². The second-order valence-electron chi connectivity index (χ2n) is 8.98. The van der Waals surface area contributed by atoms with Crippen LogP contribution in [0.4, 0.5) is 11.6 Å². The summed E-state index contributed by atoms with van der Waals surface area (Å²) < 4.78 is 6.53. The van der Waals surface area contributed by atoms with Gasteiger partial charge >= 0.3 is 0 Å². The van der Waals surface area contributed by atoms with Gasteiger partial charge in [0.25, 0.3) is 0 Å². The largest absolute Gasteiger partial charge is 0.369 e. The van der Waals surface area contributed by atoms with E-state index in [4.69, 9.17) is 4.74 Å². The van der Waals surface area contributed by atoms with Crippen molar-refractivity contribution in [1.82, 2.24) is 15.3 Å². The third kappa shape index (κ3) is 3.56. The number of anilines is 2. The number of ether oxygens (including phenoxy) is 1. The summed E-state index contributed by atoms with van der Waals surface area (Å²) in [6, 6.07) is 4.14. The number of amides is 1. The monoisotopic (exact) mass is 427 g/mol. The molecular weight excluding hydrogens is 398 g/mol. The van der Waals surface area contributed by atoms with Gasteiger partial charge in [0.15, 0.2) is 0 Å². The molecule has 8 heteroatoms. The van der Waals surface area contributed by atoms with Crippen LogP contribution in [0.15, 0.2) is 29.2 Å². The van der Waals surface area contributed by atoms with Gasteiger partial charge in [-0.05, 0) is 41.7 Å². The molecule has 1 spiro atoms. The van der Waals surface area contributed by atoms with Gasteiger partial charge in [-0.2, -0.15) is 11.3 Å². The first-order chi connectivity index (χ1) is 14.5. The predicted molar refractivity (Wildman–Crippen MR) is 118 cm³/mol. The van der Waals surface area contributed by atoms with Gasteiger partial charge in [-0.25, -0.2) is 9.97 Å². The molecule has 5 rings (SSSR count). The van der Waals surface area contributed by atoms with E-state index >= 15 is 0 Å². The van der Waals surface area contributed by atoms with Crippen molar-refractivity contribution in [2.75, 3.05) is 43.5 Å². The summed E-state index contributed by atoms with van der Waals surface area (Å²) >= 11 is 1.68. The zero-order valence-electron chi connectivity index (χ0n) is 17.6. The second kappa shape index (κ2) is 7.81. The molecule has 2 aromatic heterocycles. The summed E-state index contributed by atoms with van der Waals surface area (Å²) in [5.41, 5.74) is 1.16. The molecule has 0 saturated carbocycles. The molecule has 2 bridgehead atoms. The normalized spacial score (nSPS) is 29.3. The van der Waals surface area contributed by atoms with Crippen molar-refractivity contribution < 1.29 is 9.53 Å². The van der Waals surface area contributed by atoms with E-state index in [2.05, 4.69) is 37.0 Å². The van der Waals surface area contributed by atoms with Crippen molar-refractivity contribution in [2.24, 2.45) is 11.8 Å². The van der Waals surface area contributed by atoms with Crippen LogP contribution in [0.25, 0.3) is 0 Å². The highest BCUT2D eigenvalue weighted by molar-refractivity contribution is 7.07. The first kappa shape index (κ1) is 19.8. The molecule has 5 heterocycles. The molecule has 1 amide bonds. The Morgan fingerprint density at radius 3 is 3.13 bits per heavy atom. The molecule has 30 heavy (non-hydrogen) atoms. The fourth-order valence-corrected chi connectivity index (χ4v) is 6.11. The third-order valence-electron chi connectivity index (χ3n) is 6.96. The Morgan fingerprint density at radius 2 is 2.33 bits per heavy atom. The maximum Gasteiger partial charge on any atom is 0.220 e. The molecule has 1 N–H and O–H groups in total. The highest BCUT2D eigenvalue weighted by Crippen LogP contribution is 2.55. The fourth-order valence-electron chi connectivity index (χ4n) is 5.41. The number of fused-ring (bicyclic) bond motifs is 1. The lowest BCUT2D eigenvalue weighted by atomic mass is 9.73. The second-order valence-corrected chi connectivity index (χ2v) is 9.76. The van der Waals surface area contributed by atoms with E-state index in [1.54, 1.807) is 17.7 Å². The lowest BCUT2D eigenvalue weighted by molar-refractivity contribution is -0.121. The lowest BCUT2D eigenvalue weighted by Gasteiger charge is -2.29. The minimum absolute atomic E-state index is 0.0834.